The predicted molar refractivity (Wildman–Crippen MR) is 102 cm³/mol. The number of aromatic nitrogens is 1. The first-order valence-electron chi connectivity index (χ1n) is 9.23. The Kier molecular flexibility index (Phi) is 7.16. The highest BCUT2D eigenvalue weighted by Gasteiger charge is 2.19. The molecule has 1 aromatic heterocycles. The minimum absolute atomic E-state index is 0.0299. The highest BCUT2D eigenvalue weighted by molar-refractivity contribution is 5.68. The molecule has 0 amide bonds. The van der Waals surface area contributed by atoms with Crippen molar-refractivity contribution in [3.05, 3.63) is 47.5 Å². The molecule has 2 aromatic rings. The molecule has 0 saturated carbocycles. The van der Waals surface area contributed by atoms with Crippen LogP contribution in [-0.4, -0.2) is 38.1 Å². The van der Waals surface area contributed by atoms with Crippen LogP contribution in [0.1, 0.15) is 50.4 Å². The summed E-state index contributed by atoms with van der Waals surface area (Å²) >= 11 is 0. The number of aliphatic hydroxyl groups is 2. The summed E-state index contributed by atoms with van der Waals surface area (Å²) in [5, 5.41) is 28.6. The molecule has 2 rings (SSSR count). The zero-order chi connectivity index (χ0) is 20.1. The molecule has 148 valence electrons. The number of aliphatic carboxylic acids is 1. The molecular formula is C21H28FNO4. The van der Waals surface area contributed by atoms with E-state index < -0.39 is 18.2 Å². The maximum absolute atomic E-state index is 13.3. The van der Waals surface area contributed by atoms with E-state index in [0.29, 0.717) is 12.8 Å². The van der Waals surface area contributed by atoms with Crippen LogP contribution in [0.3, 0.4) is 0 Å². The minimum atomic E-state index is -1.09. The lowest BCUT2D eigenvalue weighted by molar-refractivity contribution is -0.139. The van der Waals surface area contributed by atoms with Crippen LogP contribution < -0.4 is 0 Å². The van der Waals surface area contributed by atoms with E-state index in [1.807, 2.05) is 13.1 Å². The molecule has 5 nitrogen and oxygen atoms in total. The number of nitrogens with zero attached hydrogens (tertiary/aromatic N) is 1. The third kappa shape index (κ3) is 5.65. The molecule has 3 N–H and O–H groups in total. The average molecular weight is 377 g/mol. The smallest absolute Gasteiger partial charge is 0.305 e. The van der Waals surface area contributed by atoms with E-state index in [0.717, 1.165) is 22.4 Å². The molecule has 0 unspecified atom stereocenters. The van der Waals surface area contributed by atoms with Crippen LogP contribution >= 0.6 is 0 Å². The van der Waals surface area contributed by atoms with Crippen LogP contribution in [0.15, 0.2) is 30.5 Å². The first-order valence-corrected chi connectivity index (χ1v) is 9.23. The zero-order valence-electron chi connectivity index (χ0n) is 16.0. The number of benzene rings is 1. The molecule has 27 heavy (non-hydrogen) atoms. The topological polar surface area (TPSA) is 82.7 Å². The number of carboxylic acids is 1. The van der Waals surface area contributed by atoms with E-state index in [4.69, 9.17) is 5.11 Å². The first-order chi connectivity index (χ1) is 12.7. The van der Waals surface area contributed by atoms with Crippen LogP contribution in [0.4, 0.5) is 4.39 Å². The summed E-state index contributed by atoms with van der Waals surface area (Å²) in [6, 6.07) is 6.60. The van der Waals surface area contributed by atoms with E-state index in [1.165, 1.54) is 12.1 Å². The van der Waals surface area contributed by atoms with Crippen molar-refractivity contribution in [2.45, 2.75) is 64.7 Å². The van der Waals surface area contributed by atoms with Gasteiger partial charge >= 0.3 is 5.97 Å². The zero-order valence-corrected chi connectivity index (χ0v) is 16.0. The van der Waals surface area contributed by atoms with Gasteiger partial charge in [0.25, 0.3) is 0 Å². The van der Waals surface area contributed by atoms with Crippen LogP contribution in [-0.2, 0) is 11.2 Å². The maximum Gasteiger partial charge on any atom is 0.305 e. The molecule has 1 aromatic carbocycles. The number of aliphatic hydroxyl groups excluding tert-OH is 2. The van der Waals surface area contributed by atoms with E-state index in [1.54, 1.807) is 12.1 Å². The Morgan fingerprint density at radius 3 is 2.33 bits per heavy atom. The Morgan fingerprint density at radius 1 is 1.15 bits per heavy atom. The SMILES string of the molecule is Cc1c(CC[C@H](O)C[C@@H](O)CC(=O)O)c(-c2ccc(F)cc2)cn1C(C)C. The van der Waals surface area contributed by atoms with E-state index in [9.17, 15) is 19.4 Å². The molecule has 0 aliphatic heterocycles. The van der Waals surface area contributed by atoms with Gasteiger partial charge in [0.2, 0.25) is 0 Å². The lowest BCUT2D eigenvalue weighted by Crippen LogP contribution is -2.21. The summed E-state index contributed by atoms with van der Waals surface area (Å²) in [6.45, 7) is 6.19. The fourth-order valence-corrected chi connectivity index (χ4v) is 3.42. The lowest BCUT2D eigenvalue weighted by atomic mass is 9.96. The van der Waals surface area contributed by atoms with Crippen molar-refractivity contribution in [1.29, 1.82) is 0 Å². The predicted octanol–water partition coefficient (Wildman–Crippen LogP) is 3.70. The molecule has 1 heterocycles. The molecule has 0 spiro atoms. The number of carboxylic acid groups (broad SMARTS) is 1. The first kappa shape index (κ1) is 21.1. The van der Waals surface area contributed by atoms with Gasteiger partial charge in [-0.1, -0.05) is 12.1 Å². The normalized spacial score (nSPS) is 13.7. The van der Waals surface area contributed by atoms with E-state index in [-0.39, 0.29) is 24.7 Å². The largest absolute Gasteiger partial charge is 0.481 e. The fraction of sp³-hybridized carbons (Fsp3) is 0.476. The van der Waals surface area contributed by atoms with E-state index >= 15 is 0 Å². The van der Waals surface area contributed by atoms with Crippen molar-refractivity contribution in [3.8, 4) is 11.1 Å². The van der Waals surface area contributed by atoms with Crippen LogP contribution in [0, 0.1) is 12.7 Å². The molecule has 0 fully saturated rings. The number of rotatable bonds is 9. The standard InChI is InChI=1S/C21H28FNO4/c1-13(2)23-12-20(15-4-6-16(22)7-5-15)19(14(23)3)9-8-17(24)10-18(25)11-21(26)27/h4-7,12-13,17-18,24-25H,8-11H2,1-3H3,(H,26,27)/t17-,18+/m0/s1. The Morgan fingerprint density at radius 2 is 1.78 bits per heavy atom. The quantitative estimate of drug-likeness (QED) is 0.622. The Balaban J connectivity index is 2.19. The van der Waals surface area contributed by atoms with Gasteiger partial charge in [-0.2, -0.15) is 0 Å². The molecule has 0 aliphatic carbocycles. The Bertz CT molecular complexity index is 767. The summed E-state index contributed by atoms with van der Waals surface area (Å²) in [6.07, 6.45) is 0.849. The lowest BCUT2D eigenvalue weighted by Gasteiger charge is -2.15. The van der Waals surface area contributed by atoms with Crippen molar-refractivity contribution in [2.24, 2.45) is 0 Å². The van der Waals surface area contributed by atoms with Crippen LogP contribution in [0.2, 0.25) is 0 Å². The molecule has 0 aliphatic rings. The number of halogens is 1. The summed E-state index contributed by atoms with van der Waals surface area (Å²) in [4.78, 5) is 10.6. The number of hydrogen-bond donors (Lipinski definition) is 3. The second-order valence-corrected chi connectivity index (χ2v) is 7.29. The molecule has 0 saturated heterocycles. The fourth-order valence-electron chi connectivity index (χ4n) is 3.42. The van der Waals surface area contributed by atoms with Crippen LogP contribution in [0.5, 0.6) is 0 Å². The molecule has 6 heteroatoms. The van der Waals surface area contributed by atoms with Gasteiger partial charge < -0.3 is 19.9 Å². The molecular weight excluding hydrogens is 349 g/mol. The van der Waals surface area contributed by atoms with Gasteiger partial charge in [-0.25, -0.2) is 4.39 Å². The monoisotopic (exact) mass is 377 g/mol. The van der Waals surface area contributed by atoms with Crippen molar-refractivity contribution < 1.29 is 24.5 Å². The van der Waals surface area contributed by atoms with Crippen LogP contribution in [0.25, 0.3) is 11.1 Å². The van der Waals surface area contributed by atoms with Gasteiger partial charge in [-0.3, -0.25) is 4.79 Å². The van der Waals surface area contributed by atoms with Gasteiger partial charge in [-0.05, 0) is 63.3 Å². The van der Waals surface area contributed by atoms with E-state index in [2.05, 4.69) is 18.4 Å². The number of hydrogen-bond acceptors (Lipinski definition) is 3. The summed E-state index contributed by atoms with van der Waals surface area (Å²) in [5.41, 5.74) is 4.07. The second-order valence-electron chi connectivity index (χ2n) is 7.29. The van der Waals surface area contributed by atoms with Gasteiger partial charge in [0.15, 0.2) is 0 Å². The van der Waals surface area contributed by atoms with Crippen molar-refractivity contribution in [3.63, 3.8) is 0 Å². The average Bonchev–Trinajstić information content (AvgIpc) is 2.89. The van der Waals surface area contributed by atoms with Gasteiger partial charge in [0, 0.05) is 23.5 Å². The number of carbonyl (C=O) groups is 1. The Hall–Kier alpha value is -2.18. The maximum atomic E-state index is 13.3. The second kappa shape index (κ2) is 9.15. The van der Waals surface area contributed by atoms with Crippen molar-refractivity contribution >= 4 is 5.97 Å². The van der Waals surface area contributed by atoms with Gasteiger partial charge in [-0.15, -0.1) is 0 Å². The highest BCUT2D eigenvalue weighted by Crippen LogP contribution is 2.31. The van der Waals surface area contributed by atoms with Gasteiger partial charge in [0.1, 0.15) is 5.82 Å². The van der Waals surface area contributed by atoms with Crippen molar-refractivity contribution in [1.82, 2.24) is 4.57 Å². The molecule has 2 atom stereocenters. The summed E-state index contributed by atoms with van der Waals surface area (Å²) in [7, 11) is 0. The third-order valence-electron chi connectivity index (χ3n) is 4.81. The summed E-state index contributed by atoms with van der Waals surface area (Å²) < 4.78 is 15.4. The Labute approximate surface area is 159 Å². The highest BCUT2D eigenvalue weighted by atomic mass is 19.1. The summed E-state index contributed by atoms with van der Waals surface area (Å²) in [5.74, 6) is -1.37. The molecule has 0 radical (unpaired) electrons. The van der Waals surface area contributed by atoms with Crippen molar-refractivity contribution in [2.75, 3.05) is 0 Å². The third-order valence-corrected chi connectivity index (χ3v) is 4.81. The molecule has 0 bridgehead atoms. The van der Waals surface area contributed by atoms with Gasteiger partial charge in [0.05, 0.1) is 18.6 Å². The minimum Gasteiger partial charge on any atom is -0.481 e.